The van der Waals surface area contributed by atoms with Gasteiger partial charge in [-0.3, -0.25) is 4.99 Å². The van der Waals surface area contributed by atoms with Gasteiger partial charge in [-0.15, -0.1) is 24.0 Å². The van der Waals surface area contributed by atoms with E-state index in [0.717, 1.165) is 24.2 Å². The molecule has 1 aliphatic heterocycles. The van der Waals surface area contributed by atoms with E-state index in [9.17, 15) is 8.42 Å². The van der Waals surface area contributed by atoms with Crippen LogP contribution in [0.3, 0.4) is 0 Å². The van der Waals surface area contributed by atoms with Crippen molar-refractivity contribution < 1.29 is 13.2 Å². The van der Waals surface area contributed by atoms with E-state index in [1.807, 2.05) is 31.2 Å². The summed E-state index contributed by atoms with van der Waals surface area (Å²) in [5.74, 6) is 1.75. The minimum Gasteiger partial charge on any atom is -0.489 e. The van der Waals surface area contributed by atoms with Crippen LogP contribution in [0, 0.1) is 0 Å². The lowest BCUT2D eigenvalue weighted by molar-refractivity contribution is 0.306. The highest BCUT2D eigenvalue weighted by Gasteiger charge is 2.27. The first-order chi connectivity index (χ1) is 13.5. The lowest BCUT2D eigenvalue weighted by Gasteiger charge is -2.32. The molecule has 0 aliphatic carbocycles. The van der Waals surface area contributed by atoms with Crippen molar-refractivity contribution in [3.05, 3.63) is 42.5 Å². The number of nitrogens with zero attached hydrogens (tertiary/aromatic N) is 2. The number of nitrogens with one attached hydrogen (secondary N) is 2. The molecule has 0 bridgehead atoms. The number of aliphatic imine (C=N–C) groups is 1. The van der Waals surface area contributed by atoms with Gasteiger partial charge in [0.05, 0.1) is 5.75 Å². The van der Waals surface area contributed by atoms with E-state index in [2.05, 4.69) is 22.2 Å². The van der Waals surface area contributed by atoms with Crippen LogP contribution in [0.5, 0.6) is 5.75 Å². The summed E-state index contributed by atoms with van der Waals surface area (Å²) in [4.78, 5) is 4.29. The number of para-hydroxylation sites is 1. The smallest absolute Gasteiger partial charge is 0.214 e. The number of rotatable bonds is 9. The molecular formula is C20H33IN4O3S. The summed E-state index contributed by atoms with van der Waals surface area (Å²) in [7, 11) is -1.38. The summed E-state index contributed by atoms with van der Waals surface area (Å²) in [6.45, 7) is 7.71. The van der Waals surface area contributed by atoms with Gasteiger partial charge in [-0.25, -0.2) is 12.7 Å². The third-order valence-electron chi connectivity index (χ3n) is 4.65. The van der Waals surface area contributed by atoms with Gasteiger partial charge in [-0.1, -0.05) is 37.8 Å². The predicted octanol–water partition coefficient (Wildman–Crippen LogP) is 2.74. The van der Waals surface area contributed by atoms with Crippen LogP contribution in [-0.2, 0) is 16.6 Å². The third kappa shape index (κ3) is 8.13. The normalized spacial score (nSPS) is 16.0. The molecule has 1 saturated heterocycles. The van der Waals surface area contributed by atoms with Gasteiger partial charge in [0.1, 0.15) is 12.4 Å². The van der Waals surface area contributed by atoms with Gasteiger partial charge in [0.15, 0.2) is 5.96 Å². The first kappa shape index (κ1) is 25.7. The van der Waals surface area contributed by atoms with E-state index in [-0.39, 0.29) is 35.8 Å². The van der Waals surface area contributed by atoms with Crippen LogP contribution >= 0.6 is 24.0 Å². The Morgan fingerprint density at radius 1 is 1.34 bits per heavy atom. The van der Waals surface area contributed by atoms with Gasteiger partial charge in [0.2, 0.25) is 10.0 Å². The van der Waals surface area contributed by atoms with Gasteiger partial charge < -0.3 is 15.4 Å². The van der Waals surface area contributed by atoms with E-state index >= 15 is 0 Å². The first-order valence-electron chi connectivity index (χ1n) is 9.76. The molecule has 0 aromatic heterocycles. The van der Waals surface area contributed by atoms with E-state index in [1.54, 1.807) is 17.4 Å². The number of benzene rings is 1. The number of halogens is 1. The molecule has 1 heterocycles. The largest absolute Gasteiger partial charge is 0.489 e. The number of guanidine groups is 1. The molecule has 0 radical (unpaired) electrons. The Labute approximate surface area is 192 Å². The summed E-state index contributed by atoms with van der Waals surface area (Å²) in [6, 6.07) is 8.06. The highest BCUT2D eigenvalue weighted by molar-refractivity contribution is 14.0. The molecular weight excluding hydrogens is 503 g/mol. The average Bonchev–Trinajstić information content (AvgIpc) is 2.70. The minimum absolute atomic E-state index is 0. The Bertz CT molecular complexity index is 763. The molecule has 0 amide bonds. The fraction of sp³-hybridized carbons (Fsp3) is 0.550. The molecule has 1 aliphatic rings. The van der Waals surface area contributed by atoms with Crippen LogP contribution in [0.2, 0.25) is 0 Å². The van der Waals surface area contributed by atoms with Crippen molar-refractivity contribution in [2.75, 3.05) is 32.5 Å². The maximum absolute atomic E-state index is 12.2. The van der Waals surface area contributed by atoms with E-state index in [1.165, 1.54) is 0 Å². The summed E-state index contributed by atoms with van der Waals surface area (Å²) in [5.41, 5.74) is 1.03. The standard InChI is InChI=1S/C20H32N4O3S.HI/c1-4-14-27-19-9-7-6-8-17(19)16-22-20(21-3)23-18-10-12-24(13-11-18)28(25,26)15-5-2;/h4,6-9,18H,1,5,10-16H2,2-3H3,(H2,21,22,23);1H. The molecule has 0 spiro atoms. The van der Waals surface area contributed by atoms with E-state index in [4.69, 9.17) is 4.74 Å². The van der Waals surface area contributed by atoms with Crippen LogP contribution in [0.1, 0.15) is 31.7 Å². The second-order valence-corrected chi connectivity index (χ2v) is 8.86. The van der Waals surface area contributed by atoms with Gasteiger partial charge in [0, 0.05) is 38.3 Å². The topological polar surface area (TPSA) is 83.0 Å². The number of ether oxygens (including phenoxy) is 1. The third-order valence-corrected chi connectivity index (χ3v) is 6.73. The second kappa shape index (κ2) is 13.1. The number of piperidine rings is 1. The molecule has 7 nitrogen and oxygen atoms in total. The maximum Gasteiger partial charge on any atom is 0.214 e. The quantitative estimate of drug-likeness (QED) is 0.220. The van der Waals surface area contributed by atoms with E-state index < -0.39 is 10.0 Å². The van der Waals surface area contributed by atoms with Crippen molar-refractivity contribution in [1.29, 1.82) is 0 Å². The van der Waals surface area contributed by atoms with Crippen LogP contribution in [0.15, 0.2) is 41.9 Å². The summed E-state index contributed by atoms with van der Waals surface area (Å²) >= 11 is 0. The summed E-state index contributed by atoms with van der Waals surface area (Å²) in [6.07, 6.45) is 3.90. The molecule has 2 rings (SSSR count). The monoisotopic (exact) mass is 536 g/mol. The van der Waals surface area contributed by atoms with Gasteiger partial charge in [0.25, 0.3) is 0 Å². The Kier molecular flexibility index (Phi) is 11.6. The summed E-state index contributed by atoms with van der Waals surface area (Å²) in [5, 5.41) is 6.72. The zero-order chi connectivity index (χ0) is 20.4. The molecule has 0 unspecified atom stereocenters. The molecule has 29 heavy (non-hydrogen) atoms. The Hall–Kier alpha value is -1.33. The predicted molar refractivity (Wildman–Crippen MR) is 130 cm³/mol. The van der Waals surface area contributed by atoms with Crippen molar-refractivity contribution >= 4 is 40.0 Å². The molecule has 1 aromatic rings. The average molecular weight is 536 g/mol. The molecule has 1 fully saturated rings. The van der Waals surface area contributed by atoms with Gasteiger partial charge in [-0.2, -0.15) is 0 Å². The van der Waals surface area contributed by atoms with Crippen molar-refractivity contribution in [1.82, 2.24) is 14.9 Å². The van der Waals surface area contributed by atoms with Crippen LogP contribution in [0.4, 0.5) is 0 Å². The highest BCUT2D eigenvalue weighted by Crippen LogP contribution is 2.18. The lowest BCUT2D eigenvalue weighted by Crippen LogP contribution is -2.49. The Morgan fingerprint density at radius 2 is 2.03 bits per heavy atom. The van der Waals surface area contributed by atoms with Crippen LogP contribution < -0.4 is 15.4 Å². The van der Waals surface area contributed by atoms with Crippen molar-refractivity contribution in [3.63, 3.8) is 0 Å². The maximum atomic E-state index is 12.2. The number of hydrogen-bond acceptors (Lipinski definition) is 4. The number of hydrogen-bond donors (Lipinski definition) is 2. The molecule has 1 aromatic carbocycles. The minimum atomic E-state index is -3.11. The van der Waals surface area contributed by atoms with E-state index in [0.29, 0.717) is 38.6 Å². The molecule has 9 heteroatoms. The van der Waals surface area contributed by atoms with Crippen molar-refractivity contribution in [2.24, 2.45) is 4.99 Å². The van der Waals surface area contributed by atoms with Crippen molar-refractivity contribution in [2.45, 2.75) is 38.8 Å². The molecule has 0 saturated carbocycles. The van der Waals surface area contributed by atoms with Gasteiger partial charge >= 0.3 is 0 Å². The first-order valence-corrected chi connectivity index (χ1v) is 11.4. The van der Waals surface area contributed by atoms with Gasteiger partial charge in [-0.05, 0) is 25.3 Å². The van der Waals surface area contributed by atoms with Crippen LogP contribution in [0.25, 0.3) is 0 Å². The highest BCUT2D eigenvalue weighted by atomic mass is 127. The molecule has 2 N–H and O–H groups in total. The molecule has 0 atom stereocenters. The lowest BCUT2D eigenvalue weighted by atomic mass is 10.1. The van der Waals surface area contributed by atoms with Crippen molar-refractivity contribution in [3.8, 4) is 5.75 Å². The zero-order valence-corrected chi connectivity index (χ0v) is 20.4. The summed E-state index contributed by atoms with van der Waals surface area (Å²) < 4.78 is 31.7. The number of sulfonamides is 1. The Balaban J connectivity index is 0.00000420. The fourth-order valence-corrected chi connectivity index (χ4v) is 4.71. The van der Waals surface area contributed by atoms with Crippen LogP contribution in [-0.4, -0.2) is 57.2 Å². The zero-order valence-electron chi connectivity index (χ0n) is 17.3. The Morgan fingerprint density at radius 3 is 2.66 bits per heavy atom. The second-order valence-electron chi connectivity index (χ2n) is 6.77. The fourth-order valence-electron chi connectivity index (χ4n) is 3.17. The molecule has 164 valence electrons. The SMILES string of the molecule is C=CCOc1ccccc1CNC(=NC)NC1CCN(S(=O)(=O)CCC)CC1.I.